The van der Waals surface area contributed by atoms with Crippen LogP contribution in [0.5, 0.6) is 0 Å². The molecular formula is C26H22N4O4S. The summed E-state index contributed by atoms with van der Waals surface area (Å²) in [6.07, 6.45) is 0. The highest BCUT2D eigenvalue weighted by Gasteiger charge is 2.21. The minimum Gasteiger partial charge on any atom is -0.465 e. The highest BCUT2D eigenvalue weighted by molar-refractivity contribution is 7.99. The first-order chi connectivity index (χ1) is 17.0. The molecule has 35 heavy (non-hydrogen) atoms. The Kier molecular flexibility index (Phi) is 6.00. The van der Waals surface area contributed by atoms with E-state index in [9.17, 15) is 9.59 Å². The molecular weight excluding hydrogens is 464 g/mol. The van der Waals surface area contributed by atoms with Crippen LogP contribution in [0.25, 0.3) is 39.2 Å². The van der Waals surface area contributed by atoms with Crippen LogP contribution in [-0.4, -0.2) is 38.5 Å². The van der Waals surface area contributed by atoms with E-state index in [1.165, 1.54) is 7.11 Å². The predicted molar refractivity (Wildman–Crippen MR) is 135 cm³/mol. The maximum atomic E-state index is 12.6. The third-order valence-electron chi connectivity index (χ3n) is 5.71. The molecule has 2 heterocycles. The monoisotopic (exact) mass is 486 g/mol. The Labute approximate surface area is 204 Å². The van der Waals surface area contributed by atoms with Gasteiger partial charge in [-0.1, -0.05) is 66.3 Å². The lowest BCUT2D eigenvalue weighted by atomic mass is 9.99. The van der Waals surface area contributed by atoms with E-state index in [0.717, 1.165) is 49.9 Å². The minimum absolute atomic E-state index is 0.370. The van der Waals surface area contributed by atoms with Gasteiger partial charge in [0, 0.05) is 11.3 Å². The van der Waals surface area contributed by atoms with E-state index in [4.69, 9.17) is 14.2 Å². The zero-order valence-corrected chi connectivity index (χ0v) is 20.2. The molecule has 0 unspecified atom stereocenters. The number of nitrogens with zero attached hydrogens (tertiary/aromatic N) is 3. The van der Waals surface area contributed by atoms with Crippen molar-refractivity contribution in [2.24, 2.45) is 0 Å². The van der Waals surface area contributed by atoms with Crippen LogP contribution in [0.4, 0.5) is 0 Å². The second kappa shape index (κ2) is 9.27. The number of rotatable bonds is 6. The molecule has 0 aliphatic carbocycles. The fourth-order valence-corrected chi connectivity index (χ4v) is 4.85. The van der Waals surface area contributed by atoms with Crippen LogP contribution in [0, 0.1) is 6.92 Å². The van der Waals surface area contributed by atoms with Gasteiger partial charge in [0.1, 0.15) is 0 Å². The zero-order valence-electron chi connectivity index (χ0n) is 19.4. The van der Waals surface area contributed by atoms with Crippen molar-refractivity contribution in [3.8, 4) is 28.2 Å². The van der Waals surface area contributed by atoms with Gasteiger partial charge in [-0.25, -0.2) is 14.6 Å². The van der Waals surface area contributed by atoms with Crippen LogP contribution >= 0.6 is 11.8 Å². The second-order valence-corrected chi connectivity index (χ2v) is 9.05. The summed E-state index contributed by atoms with van der Waals surface area (Å²) in [4.78, 5) is 31.5. The zero-order chi connectivity index (χ0) is 24.5. The molecule has 0 aliphatic heterocycles. The molecule has 8 nitrogen and oxygen atoms in total. The molecule has 3 aromatic carbocycles. The van der Waals surface area contributed by atoms with Gasteiger partial charge in [-0.05, 0) is 47.6 Å². The van der Waals surface area contributed by atoms with Gasteiger partial charge in [-0.2, -0.15) is 0 Å². The number of ether oxygens (including phenoxy) is 1. The van der Waals surface area contributed by atoms with E-state index in [1.54, 1.807) is 17.8 Å². The summed E-state index contributed by atoms with van der Waals surface area (Å²) in [7, 11) is 1.38. The number of H-pyrrole nitrogens is 1. The third-order valence-corrected chi connectivity index (χ3v) is 6.53. The van der Waals surface area contributed by atoms with Crippen LogP contribution in [0.15, 0.2) is 75.1 Å². The Balaban J connectivity index is 1.67. The number of carbonyl (C=O) groups is 1. The number of methoxy groups -OCH3 is 1. The van der Waals surface area contributed by atoms with Gasteiger partial charge < -0.3 is 4.74 Å². The first-order valence-electron chi connectivity index (χ1n) is 11.0. The largest absolute Gasteiger partial charge is 0.465 e. The van der Waals surface area contributed by atoms with Crippen LogP contribution in [0.1, 0.15) is 22.8 Å². The number of hydrogen-bond acceptors (Lipinski definition) is 7. The minimum atomic E-state index is -0.602. The number of benzene rings is 3. The summed E-state index contributed by atoms with van der Waals surface area (Å²) in [5.41, 5.74) is 6.40. The molecule has 0 radical (unpaired) electrons. The molecule has 0 saturated heterocycles. The Hall–Kier alpha value is -4.11. The number of hydrogen-bond donors (Lipinski definition) is 1. The molecule has 0 spiro atoms. The lowest BCUT2D eigenvalue weighted by Crippen LogP contribution is -2.06. The number of imidazole rings is 1. The van der Waals surface area contributed by atoms with Crippen molar-refractivity contribution < 1.29 is 14.1 Å². The normalized spacial score (nSPS) is 11.2. The lowest BCUT2D eigenvalue weighted by Gasteiger charge is -2.13. The fraction of sp³-hybridized carbons (Fsp3) is 0.154. The van der Waals surface area contributed by atoms with Crippen LogP contribution < -0.4 is 5.76 Å². The summed E-state index contributed by atoms with van der Waals surface area (Å²) < 4.78 is 11.8. The smallest absolute Gasteiger partial charge is 0.439 e. The van der Waals surface area contributed by atoms with Crippen molar-refractivity contribution in [2.45, 2.75) is 19.0 Å². The number of esters is 1. The maximum Gasteiger partial charge on any atom is 0.439 e. The molecule has 9 heteroatoms. The summed E-state index contributed by atoms with van der Waals surface area (Å²) in [6.45, 7) is 4.05. The van der Waals surface area contributed by atoms with Crippen molar-refractivity contribution >= 4 is 28.8 Å². The first kappa shape index (κ1) is 22.7. The van der Waals surface area contributed by atoms with E-state index in [1.807, 2.05) is 66.1 Å². The Bertz CT molecular complexity index is 1600. The third kappa shape index (κ3) is 4.04. The van der Waals surface area contributed by atoms with Gasteiger partial charge in [-0.3, -0.25) is 14.1 Å². The average molecular weight is 487 g/mol. The van der Waals surface area contributed by atoms with Crippen molar-refractivity contribution in [3.63, 3.8) is 0 Å². The van der Waals surface area contributed by atoms with E-state index >= 15 is 0 Å². The molecule has 0 saturated carbocycles. The second-order valence-electron chi connectivity index (χ2n) is 7.82. The number of aryl methyl sites for hydroxylation is 1. The number of aromatic nitrogens is 4. The molecule has 5 rings (SSSR count). The predicted octanol–water partition coefficient (Wildman–Crippen LogP) is 5.24. The standard InChI is InChI=1S/C26H22N4O4S/c1-4-35-25-27-21-15(2)9-14-20(24(31)33-3)22(21)30(25)17-12-10-16(11-13-17)18-7-5-6-8-19(18)23-28-26(32)34-29-23/h5-14H,4H2,1-3H3,(H,28,29,32). The van der Waals surface area contributed by atoms with Gasteiger partial charge in [-0.15, -0.1) is 0 Å². The Morgan fingerprint density at radius 3 is 2.49 bits per heavy atom. The fourth-order valence-electron chi connectivity index (χ4n) is 4.11. The van der Waals surface area contributed by atoms with E-state index in [2.05, 4.69) is 17.1 Å². The van der Waals surface area contributed by atoms with Gasteiger partial charge in [0.25, 0.3) is 0 Å². The molecule has 0 bridgehead atoms. The van der Waals surface area contributed by atoms with E-state index in [-0.39, 0.29) is 0 Å². The summed E-state index contributed by atoms with van der Waals surface area (Å²) in [5, 5.41) is 4.64. The van der Waals surface area contributed by atoms with E-state index < -0.39 is 11.7 Å². The summed E-state index contributed by atoms with van der Waals surface area (Å²) >= 11 is 1.61. The highest BCUT2D eigenvalue weighted by atomic mass is 32.2. The van der Waals surface area contributed by atoms with Gasteiger partial charge in [0.05, 0.1) is 23.7 Å². The number of carbonyl (C=O) groups excluding carboxylic acids is 1. The first-order valence-corrected chi connectivity index (χ1v) is 12.0. The van der Waals surface area contributed by atoms with Crippen LogP contribution in [0.2, 0.25) is 0 Å². The lowest BCUT2D eigenvalue weighted by molar-refractivity contribution is 0.0602. The molecule has 176 valence electrons. The average Bonchev–Trinajstić information content (AvgIpc) is 3.48. The molecule has 0 atom stereocenters. The quantitative estimate of drug-likeness (QED) is 0.258. The van der Waals surface area contributed by atoms with Crippen molar-refractivity contribution in [2.75, 3.05) is 12.9 Å². The molecule has 1 N–H and O–H groups in total. The maximum absolute atomic E-state index is 12.6. The van der Waals surface area contributed by atoms with E-state index in [0.29, 0.717) is 11.4 Å². The van der Waals surface area contributed by atoms with Gasteiger partial charge in [0.2, 0.25) is 0 Å². The van der Waals surface area contributed by atoms with Gasteiger partial charge in [0.15, 0.2) is 11.0 Å². The summed E-state index contributed by atoms with van der Waals surface area (Å²) in [6, 6.07) is 19.3. The van der Waals surface area contributed by atoms with Gasteiger partial charge >= 0.3 is 11.7 Å². The van der Waals surface area contributed by atoms with Crippen LogP contribution in [0.3, 0.4) is 0 Å². The van der Waals surface area contributed by atoms with Crippen molar-refractivity contribution in [3.05, 3.63) is 82.3 Å². The number of nitrogens with one attached hydrogen (secondary N) is 1. The molecule has 0 fully saturated rings. The Morgan fingerprint density at radius 2 is 1.83 bits per heavy atom. The van der Waals surface area contributed by atoms with Crippen molar-refractivity contribution in [1.82, 2.24) is 19.7 Å². The molecule has 0 aliphatic rings. The molecule has 5 aromatic rings. The van der Waals surface area contributed by atoms with Crippen LogP contribution in [-0.2, 0) is 4.74 Å². The highest BCUT2D eigenvalue weighted by Crippen LogP contribution is 2.34. The Morgan fingerprint density at radius 1 is 1.09 bits per heavy atom. The topological polar surface area (TPSA) is 103 Å². The number of aromatic amines is 1. The van der Waals surface area contributed by atoms with Crippen molar-refractivity contribution in [1.29, 1.82) is 0 Å². The summed E-state index contributed by atoms with van der Waals surface area (Å²) in [5.74, 6) is 0.193. The number of thioether (sulfide) groups is 1. The SMILES string of the molecule is CCSc1nc2c(C)ccc(C(=O)OC)c2n1-c1ccc(-c2ccccc2-c2noc(=O)[nH]2)cc1. The molecule has 2 aromatic heterocycles. The molecule has 0 amide bonds. The number of fused-ring (bicyclic) bond motifs is 1.